The highest BCUT2D eigenvalue weighted by Gasteiger charge is 1.92. The Morgan fingerprint density at radius 3 is 2.70 bits per heavy atom. The lowest BCUT2D eigenvalue weighted by Gasteiger charge is -2.02. The van der Waals surface area contributed by atoms with Crippen molar-refractivity contribution in [2.24, 2.45) is 5.92 Å². The van der Waals surface area contributed by atoms with Crippen LogP contribution in [-0.2, 0) is 4.74 Å². The van der Waals surface area contributed by atoms with Crippen molar-refractivity contribution in [2.75, 3.05) is 13.2 Å². The van der Waals surface area contributed by atoms with Gasteiger partial charge >= 0.3 is 0 Å². The van der Waals surface area contributed by atoms with E-state index in [1.54, 1.807) is 0 Å². The second-order valence-corrected chi connectivity index (χ2v) is 2.79. The third-order valence-electron chi connectivity index (χ3n) is 1.26. The summed E-state index contributed by atoms with van der Waals surface area (Å²) in [6, 6.07) is 0. The average molecular weight is 140 g/mol. The Morgan fingerprint density at radius 2 is 2.20 bits per heavy atom. The molecule has 0 N–H and O–H groups in total. The van der Waals surface area contributed by atoms with Crippen LogP contribution in [0.5, 0.6) is 0 Å². The predicted octanol–water partition coefficient (Wildman–Crippen LogP) is 2.07. The molecule has 0 saturated heterocycles. The zero-order valence-electron chi connectivity index (χ0n) is 6.89. The van der Waals surface area contributed by atoms with Crippen LogP contribution in [0.25, 0.3) is 0 Å². The van der Waals surface area contributed by atoms with Gasteiger partial charge in [-0.25, -0.2) is 0 Å². The minimum atomic E-state index is 0.456. The van der Waals surface area contributed by atoms with Crippen LogP contribution in [0.15, 0.2) is 0 Å². The van der Waals surface area contributed by atoms with Gasteiger partial charge in [0.05, 0.1) is 0 Å². The van der Waals surface area contributed by atoms with Crippen molar-refractivity contribution >= 4 is 0 Å². The van der Waals surface area contributed by atoms with Gasteiger partial charge < -0.3 is 4.74 Å². The van der Waals surface area contributed by atoms with Gasteiger partial charge in [-0.3, -0.25) is 0 Å². The first-order valence-corrected chi connectivity index (χ1v) is 3.78. The molecular formula is C9H16O. The van der Waals surface area contributed by atoms with Gasteiger partial charge in [0.2, 0.25) is 0 Å². The van der Waals surface area contributed by atoms with E-state index in [0.29, 0.717) is 6.61 Å². The second-order valence-electron chi connectivity index (χ2n) is 2.79. The molecule has 1 nitrogen and oxygen atoms in total. The molecule has 0 radical (unpaired) electrons. The Hall–Kier alpha value is -0.480. The van der Waals surface area contributed by atoms with Crippen molar-refractivity contribution in [1.29, 1.82) is 0 Å². The normalized spacial score (nSPS) is 9.80. The van der Waals surface area contributed by atoms with E-state index in [-0.39, 0.29) is 0 Å². The van der Waals surface area contributed by atoms with Crippen molar-refractivity contribution in [1.82, 2.24) is 0 Å². The number of rotatable bonds is 5. The van der Waals surface area contributed by atoms with Crippen molar-refractivity contribution < 1.29 is 4.74 Å². The summed E-state index contributed by atoms with van der Waals surface area (Å²) in [6.45, 7) is 5.68. The molecule has 0 aromatic carbocycles. The van der Waals surface area contributed by atoms with Crippen LogP contribution in [0.2, 0.25) is 0 Å². The third-order valence-corrected chi connectivity index (χ3v) is 1.26. The van der Waals surface area contributed by atoms with Crippen LogP contribution in [0.3, 0.4) is 0 Å². The SMILES string of the molecule is C#CCOCCCC(C)C. The minimum Gasteiger partial charge on any atom is -0.369 e. The summed E-state index contributed by atoms with van der Waals surface area (Å²) in [5.74, 6) is 3.21. The molecule has 1 heteroatoms. The molecule has 58 valence electrons. The average Bonchev–Trinajstić information content (AvgIpc) is 1.87. The molecule has 0 amide bonds. The van der Waals surface area contributed by atoms with Crippen LogP contribution in [0.1, 0.15) is 26.7 Å². The summed E-state index contributed by atoms with van der Waals surface area (Å²) < 4.78 is 5.10. The molecule has 10 heavy (non-hydrogen) atoms. The molecule has 0 aliphatic rings. The van der Waals surface area contributed by atoms with E-state index in [4.69, 9.17) is 11.2 Å². The third kappa shape index (κ3) is 7.52. The van der Waals surface area contributed by atoms with Crippen molar-refractivity contribution in [3.05, 3.63) is 0 Å². The maximum atomic E-state index is 5.10. The molecule has 0 bridgehead atoms. The molecule has 0 aromatic heterocycles. The van der Waals surface area contributed by atoms with Gasteiger partial charge in [-0.15, -0.1) is 6.42 Å². The number of hydrogen-bond acceptors (Lipinski definition) is 1. The minimum absolute atomic E-state index is 0.456. The van der Waals surface area contributed by atoms with Gasteiger partial charge in [-0.2, -0.15) is 0 Å². The highest BCUT2D eigenvalue weighted by molar-refractivity contribution is 4.82. The lowest BCUT2D eigenvalue weighted by Crippen LogP contribution is -1.96. The zero-order chi connectivity index (χ0) is 7.82. The monoisotopic (exact) mass is 140 g/mol. The van der Waals surface area contributed by atoms with E-state index in [1.807, 2.05) is 0 Å². The lowest BCUT2D eigenvalue weighted by atomic mass is 10.1. The molecule has 0 fully saturated rings. The molecule has 0 unspecified atom stereocenters. The first-order valence-electron chi connectivity index (χ1n) is 3.78. The van der Waals surface area contributed by atoms with Gasteiger partial charge in [0.25, 0.3) is 0 Å². The molecule has 0 atom stereocenters. The fraction of sp³-hybridized carbons (Fsp3) is 0.778. The van der Waals surface area contributed by atoms with Gasteiger partial charge in [0, 0.05) is 6.61 Å². The van der Waals surface area contributed by atoms with E-state index in [1.165, 1.54) is 6.42 Å². The molecular weight excluding hydrogens is 124 g/mol. The highest BCUT2D eigenvalue weighted by Crippen LogP contribution is 2.02. The molecule has 0 spiro atoms. The lowest BCUT2D eigenvalue weighted by molar-refractivity contribution is 0.159. The Bertz CT molecular complexity index is 99.8. The molecule has 0 saturated carbocycles. The van der Waals surface area contributed by atoms with E-state index in [2.05, 4.69) is 19.8 Å². The van der Waals surface area contributed by atoms with Gasteiger partial charge in [0.1, 0.15) is 6.61 Å². The first kappa shape index (κ1) is 9.52. The number of terminal acetylenes is 1. The summed E-state index contributed by atoms with van der Waals surface area (Å²) in [5, 5.41) is 0. The highest BCUT2D eigenvalue weighted by atomic mass is 16.5. The Kier molecular flexibility index (Phi) is 6.32. The Morgan fingerprint density at radius 1 is 1.50 bits per heavy atom. The summed E-state index contributed by atoms with van der Waals surface area (Å²) in [4.78, 5) is 0. The quantitative estimate of drug-likeness (QED) is 0.419. The smallest absolute Gasteiger partial charge is 0.107 e. The standard InChI is InChI=1S/C9H16O/c1-4-7-10-8-5-6-9(2)3/h1,9H,5-8H2,2-3H3. The fourth-order valence-corrected chi connectivity index (χ4v) is 0.725. The van der Waals surface area contributed by atoms with E-state index >= 15 is 0 Å². The molecule has 0 heterocycles. The first-order chi connectivity index (χ1) is 4.77. The molecule has 0 aromatic rings. The molecule has 0 aliphatic carbocycles. The summed E-state index contributed by atoms with van der Waals surface area (Å²) in [6.07, 6.45) is 7.35. The second kappa shape index (κ2) is 6.64. The predicted molar refractivity (Wildman–Crippen MR) is 43.7 cm³/mol. The van der Waals surface area contributed by atoms with Crippen molar-refractivity contribution in [3.63, 3.8) is 0 Å². The summed E-state index contributed by atoms with van der Waals surface area (Å²) in [5.41, 5.74) is 0. The number of hydrogen-bond donors (Lipinski definition) is 0. The maximum absolute atomic E-state index is 5.10. The maximum Gasteiger partial charge on any atom is 0.107 e. The van der Waals surface area contributed by atoms with E-state index in [0.717, 1.165) is 18.9 Å². The van der Waals surface area contributed by atoms with Crippen LogP contribution >= 0.6 is 0 Å². The van der Waals surface area contributed by atoms with Crippen LogP contribution < -0.4 is 0 Å². The summed E-state index contributed by atoms with van der Waals surface area (Å²) >= 11 is 0. The van der Waals surface area contributed by atoms with Gasteiger partial charge in [-0.05, 0) is 18.8 Å². The largest absolute Gasteiger partial charge is 0.369 e. The fourth-order valence-electron chi connectivity index (χ4n) is 0.725. The molecule has 0 rings (SSSR count). The van der Waals surface area contributed by atoms with E-state index < -0.39 is 0 Å². The Labute approximate surface area is 63.8 Å². The van der Waals surface area contributed by atoms with Crippen LogP contribution in [0.4, 0.5) is 0 Å². The Balaban J connectivity index is 2.86. The van der Waals surface area contributed by atoms with Crippen LogP contribution in [0, 0.1) is 18.3 Å². The number of ether oxygens (including phenoxy) is 1. The zero-order valence-corrected chi connectivity index (χ0v) is 6.89. The summed E-state index contributed by atoms with van der Waals surface area (Å²) in [7, 11) is 0. The van der Waals surface area contributed by atoms with Crippen molar-refractivity contribution in [3.8, 4) is 12.3 Å². The van der Waals surface area contributed by atoms with Crippen LogP contribution in [-0.4, -0.2) is 13.2 Å². The van der Waals surface area contributed by atoms with Crippen molar-refractivity contribution in [2.45, 2.75) is 26.7 Å². The van der Waals surface area contributed by atoms with Gasteiger partial charge in [-0.1, -0.05) is 19.8 Å². The van der Waals surface area contributed by atoms with E-state index in [9.17, 15) is 0 Å². The van der Waals surface area contributed by atoms with Gasteiger partial charge in [0.15, 0.2) is 0 Å². The topological polar surface area (TPSA) is 9.23 Å². The molecule has 0 aliphatic heterocycles.